The Bertz CT molecular complexity index is 2000. The SMILES string of the molecule is Cc1ccc(C)c(-c2cccc3c2C=C[CH]3[Hf]([CH3])([CH3])(=[SiH2])([CH]2C=Cc3c(-c4cc(C)ccc4C)cccc32)([C](C)(C)C)[C](C)(C)C)c1. The molecular formula is C44H56HfSi. The first-order valence-electron chi connectivity index (χ1n) is 17.4. The van der Waals surface area contributed by atoms with E-state index in [-0.39, 0.29) is 6.34 Å². The summed E-state index contributed by atoms with van der Waals surface area (Å²) in [4.78, 5) is 0. The number of rotatable bonds is 4. The van der Waals surface area contributed by atoms with Gasteiger partial charge in [0, 0.05) is 0 Å². The summed E-state index contributed by atoms with van der Waals surface area (Å²) in [5, 5.41) is 0. The first-order valence-corrected chi connectivity index (χ1v) is 40.6. The molecule has 0 spiro atoms. The summed E-state index contributed by atoms with van der Waals surface area (Å²) in [5.41, 5.74) is 16.7. The van der Waals surface area contributed by atoms with Crippen molar-refractivity contribution < 1.29 is 14.2 Å². The maximum absolute atomic E-state index is 5.57. The van der Waals surface area contributed by atoms with Crippen LogP contribution in [0.2, 0.25) is 15.7 Å². The van der Waals surface area contributed by atoms with Crippen LogP contribution in [-0.4, -0.2) is 6.94 Å². The molecule has 240 valence electrons. The van der Waals surface area contributed by atoms with Crippen LogP contribution in [0.5, 0.6) is 0 Å². The van der Waals surface area contributed by atoms with Crippen molar-refractivity contribution in [1.29, 1.82) is 0 Å². The topological polar surface area (TPSA) is 0 Å². The molecule has 4 aromatic rings. The number of fused-ring (bicyclic) bond motifs is 2. The van der Waals surface area contributed by atoms with Gasteiger partial charge in [-0.1, -0.05) is 0 Å². The van der Waals surface area contributed by atoms with Gasteiger partial charge in [-0.25, -0.2) is 0 Å². The summed E-state index contributed by atoms with van der Waals surface area (Å²) < 4.78 is 6.49. The van der Waals surface area contributed by atoms with Crippen LogP contribution >= 0.6 is 0 Å². The molecule has 0 nitrogen and oxygen atoms in total. The molecule has 4 aromatic carbocycles. The number of hydrogen-bond acceptors (Lipinski definition) is 0. The third-order valence-electron chi connectivity index (χ3n) is 16.4. The van der Waals surface area contributed by atoms with E-state index in [2.05, 4.69) is 183 Å². The van der Waals surface area contributed by atoms with Crippen molar-refractivity contribution in [3.63, 3.8) is 0 Å². The van der Waals surface area contributed by atoms with Crippen molar-refractivity contribution in [2.75, 3.05) is 0 Å². The predicted octanol–water partition coefficient (Wildman–Crippen LogP) is 12.9. The van der Waals surface area contributed by atoms with Crippen LogP contribution in [0.25, 0.3) is 34.4 Å². The molecule has 2 heteroatoms. The van der Waals surface area contributed by atoms with E-state index in [0.29, 0.717) is 7.35 Å². The van der Waals surface area contributed by atoms with Crippen molar-refractivity contribution in [1.82, 2.24) is 0 Å². The second-order valence-corrected chi connectivity index (χ2v) is 94.6. The number of benzene rings is 4. The van der Waals surface area contributed by atoms with Gasteiger partial charge in [0.15, 0.2) is 0 Å². The van der Waals surface area contributed by atoms with E-state index >= 15 is 0 Å². The van der Waals surface area contributed by atoms with Crippen LogP contribution < -0.4 is 0 Å². The third-order valence-corrected chi connectivity index (χ3v) is 111. The molecular weight excluding hydrogens is 735 g/mol. The van der Waals surface area contributed by atoms with E-state index in [1.165, 1.54) is 66.8 Å². The van der Waals surface area contributed by atoms with Crippen LogP contribution in [0.1, 0.15) is 93.4 Å². The van der Waals surface area contributed by atoms with Crippen LogP contribution in [0.4, 0.5) is 0 Å². The fraction of sp³-hybridized carbons (Fsp3) is 0.364. The molecule has 2 aliphatic rings. The Morgan fingerprint density at radius 3 is 1.24 bits per heavy atom. The van der Waals surface area contributed by atoms with E-state index in [1.54, 1.807) is 0 Å². The molecule has 0 saturated heterocycles. The van der Waals surface area contributed by atoms with Gasteiger partial charge in [-0.05, 0) is 0 Å². The van der Waals surface area contributed by atoms with Crippen LogP contribution in [-0.2, 0) is 14.2 Å². The number of allylic oxidation sites excluding steroid dienone is 2. The average Bonchev–Trinajstić information content (AvgIpc) is 3.61. The third kappa shape index (κ3) is 3.59. The van der Waals surface area contributed by atoms with E-state index in [4.69, 9.17) is 0 Å². The zero-order valence-corrected chi connectivity index (χ0v) is 35.6. The first-order chi connectivity index (χ1) is 21.1. The zero-order valence-electron chi connectivity index (χ0n) is 30.6. The summed E-state index contributed by atoms with van der Waals surface area (Å²) >= 11 is -5.57. The van der Waals surface area contributed by atoms with Crippen molar-refractivity contribution in [3.8, 4) is 22.3 Å². The van der Waals surface area contributed by atoms with Crippen molar-refractivity contribution in [3.05, 3.63) is 129 Å². The molecule has 2 atom stereocenters. The van der Waals surface area contributed by atoms with Gasteiger partial charge < -0.3 is 0 Å². The summed E-state index contributed by atoms with van der Waals surface area (Å²) in [7, 11) is 0. The molecule has 0 amide bonds. The summed E-state index contributed by atoms with van der Waals surface area (Å²) in [5.74, 6) is 0. The Morgan fingerprint density at radius 1 is 0.522 bits per heavy atom. The molecule has 46 heavy (non-hydrogen) atoms. The standard InChI is InChI=1S/2C17H15.2C4H9.2CH3.Hf.H2Si/c2*1-12-9-10-13(2)17(11-12)16-8-4-6-14-5-3-7-15(14)16;2*1-4(2)3;;;;/h2*3-11H,1-2H3;2*1-3H3;2*1H3;;1H2. The summed E-state index contributed by atoms with van der Waals surface area (Å²) in [6.45, 7) is 27.1. The van der Waals surface area contributed by atoms with Crippen LogP contribution in [0.15, 0.2) is 84.9 Å². The zero-order chi connectivity index (χ0) is 33.8. The monoisotopic (exact) mass is 792 g/mol. The minimum atomic E-state index is -5.57. The van der Waals surface area contributed by atoms with Gasteiger partial charge in [0.05, 0.1) is 0 Å². The van der Waals surface area contributed by atoms with Gasteiger partial charge in [-0.2, -0.15) is 0 Å². The Labute approximate surface area is 275 Å². The van der Waals surface area contributed by atoms with E-state index in [9.17, 15) is 0 Å². The Hall–Kier alpha value is -2.55. The molecule has 0 N–H and O–H groups in total. The normalized spacial score (nSPS) is 20.0. The average molecular weight is 792 g/mol. The second-order valence-electron chi connectivity index (χ2n) is 19.4. The van der Waals surface area contributed by atoms with Crippen molar-refractivity contribution in [2.24, 2.45) is 0 Å². The molecule has 2 aliphatic carbocycles. The fourth-order valence-electron chi connectivity index (χ4n) is 10.5. The maximum atomic E-state index is 2.89. The van der Waals surface area contributed by atoms with Crippen LogP contribution in [0.3, 0.4) is 0 Å². The molecule has 0 heterocycles. The summed E-state index contributed by atoms with van der Waals surface area (Å²) in [6.07, 6.45) is 10.4. The molecule has 2 unspecified atom stereocenters. The quantitative estimate of drug-likeness (QED) is 0.181. The molecule has 0 aromatic heterocycles. The molecule has 0 saturated carbocycles. The molecule has 0 aliphatic heterocycles. The fourth-order valence-corrected chi connectivity index (χ4v) is 57.2. The van der Waals surface area contributed by atoms with Crippen LogP contribution in [0, 0.1) is 27.7 Å². The molecule has 0 fully saturated rings. The van der Waals surface area contributed by atoms with Gasteiger partial charge in [0.25, 0.3) is 0 Å². The Morgan fingerprint density at radius 2 is 0.891 bits per heavy atom. The summed E-state index contributed by atoms with van der Waals surface area (Å²) in [6, 6.07) is 28.2. The Balaban J connectivity index is 1.72. The van der Waals surface area contributed by atoms with Gasteiger partial charge in [0.2, 0.25) is 0 Å². The minimum absolute atomic E-state index is 0.0262. The molecule has 6 rings (SSSR count). The van der Waals surface area contributed by atoms with E-state index < -0.39 is 14.2 Å². The molecule has 0 radical (unpaired) electrons. The number of hydrogen-bond donors (Lipinski definition) is 0. The predicted molar refractivity (Wildman–Crippen MR) is 206 cm³/mol. The second kappa shape index (κ2) is 9.32. The molecule has 0 bridgehead atoms. The number of aryl methyl sites for hydroxylation is 4. The van der Waals surface area contributed by atoms with E-state index in [0.717, 1.165) is 0 Å². The van der Waals surface area contributed by atoms with Crippen molar-refractivity contribution >= 4 is 19.1 Å². The van der Waals surface area contributed by atoms with Gasteiger partial charge in [0.1, 0.15) is 0 Å². The van der Waals surface area contributed by atoms with Gasteiger partial charge in [-0.15, -0.1) is 0 Å². The van der Waals surface area contributed by atoms with Gasteiger partial charge in [-0.3, -0.25) is 0 Å². The first kappa shape index (κ1) is 33.4. The van der Waals surface area contributed by atoms with Crippen molar-refractivity contribution in [2.45, 2.75) is 92.3 Å². The van der Waals surface area contributed by atoms with Gasteiger partial charge >= 0.3 is 277 Å². The van der Waals surface area contributed by atoms with E-state index in [1.807, 2.05) is 0 Å². The Kier molecular flexibility index (Phi) is 6.76.